The highest BCUT2D eigenvalue weighted by molar-refractivity contribution is 7.14. The summed E-state index contributed by atoms with van der Waals surface area (Å²) in [6.07, 6.45) is 0. The predicted octanol–water partition coefficient (Wildman–Crippen LogP) is 0.923. The molecule has 2 rings (SSSR count). The van der Waals surface area contributed by atoms with Gasteiger partial charge in [0, 0.05) is 26.7 Å². The van der Waals surface area contributed by atoms with Crippen molar-refractivity contribution in [2.45, 2.75) is 13.0 Å². The largest absolute Gasteiger partial charge is 0.305 e. The number of rotatable bonds is 2. The lowest BCUT2D eigenvalue weighted by molar-refractivity contribution is -0.121. The Morgan fingerprint density at radius 1 is 1.65 bits per heavy atom. The maximum atomic E-state index is 12.3. The number of hydrogen-bond donors (Lipinski definition) is 1. The standard InChI is InChI=1S/C12H19N3OS/c1-9-4-7-17-12(9)15(3)11(16)10-8-14(2)6-5-13-10/h4,7,10,13H,5-6,8H2,1-3H3. The number of carbonyl (C=O) groups excluding carboxylic acids is 1. The van der Waals surface area contributed by atoms with Gasteiger partial charge < -0.3 is 15.1 Å². The topological polar surface area (TPSA) is 35.6 Å². The highest BCUT2D eigenvalue weighted by Crippen LogP contribution is 2.26. The van der Waals surface area contributed by atoms with Gasteiger partial charge in [0.25, 0.3) is 0 Å². The summed E-state index contributed by atoms with van der Waals surface area (Å²) in [5, 5.41) is 6.35. The Balaban J connectivity index is 2.07. The molecule has 2 heterocycles. The maximum Gasteiger partial charge on any atom is 0.245 e. The van der Waals surface area contributed by atoms with E-state index in [1.807, 2.05) is 25.4 Å². The summed E-state index contributed by atoms with van der Waals surface area (Å²) in [7, 11) is 3.91. The van der Waals surface area contributed by atoms with Crippen LogP contribution in [0.3, 0.4) is 0 Å². The normalized spacial score (nSPS) is 21.5. The Morgan fingerprint density at radius 3 is 3.00 bits per heavy atom. The van der Waals surface area contributed by atoms with Crippen LogP contribution in [0.1, 0.15) is 5.56 Å². The SMILES string of the molecule is Cc1ccsc1N(C)C(=O)C1CN(C)CCN1. The average Bonchev–Trinajstić information content (AvgIpc) is 2.73. The van der Waals surface area contributed by atoms with Gasteiger partial charge in [-0.1, -0.05) is 0 Å². The van der Waals surface area contributed by atoms with Crippen LogP contribution in [-0.4, -0.2) is 50.6 Å². The fourth-order valence-electron chi connectivity index (χ4n) is 2.10. The van der Waals surface area contributed by atoms with Crippen LogP contribution in [0.15, 0.2) is 11.4 Å². The minimum atomic E-state index is -0.0831. The van der Waals surface area contributed by atoms with Crippen molar-refractivity contribution in [3.8, 4) is 0 Å². The van der Waals surface area contributed by atoms with Gasteiger partial charge in [0.05, 0.1) is 0 Å². The van der Waals surface area contributed by atoms with Crippen molar-refractivity contribution >= 4 is 22.2 Å². The van der Waals surface area contributed by atoms with E-state index in [-0.39, 0.29) is 11.9 Å². The maximum absolute atomic E-state index is 12.3. The van der Waals surface area contributed by atoms with E-state index >= 15 is 0 Å². The lowest BCUT2D eigenvalue weighted by atomic mass is 10.2. The quantitative estimate of drug-likeness (QED) is 0.851. The molecule has 1 unspecified atom stereocenters. The number of aryl methyl sites for hydroxylation is 1. The smallest absolute Gasteiger partial charge is 0.245 e. The second-order valence-corrected chi connectivity index (χ2v) is 5.47. The minimum Gasteiger partial charge on any atom is -0.305 e. The molecule has 0 bridgehead atoms. The molecule has 1 aliphatic heterocycles. The highest BCUT2D eigenvalue weighted by atomic mass is 32.1. The van der Waals surface area contributed by atoms with Crippen molar-refractivity contribution in [2.75, 3.05) is 38.6 Å². The van der Waals surface area contributed by atoms with E-state index < -0.39 is 0 Å². The molecule has 0 radical (unpaired) electrons. The van der Waals surface area contributed by atoms with E-state index in [1.54, 1.807) is 16.2 Å². The number of likely N-dealkylation sites (N-methyl/N-ethyl adjacent to an activating group) is 2. The van der Waals surface area contributed by atoms with Gasteiger partial charge in [-0.2, -0.15) is 0 Å². The molecule has 94 valence electrons. The third kappa shape index (κ3) is 2.68. The second-order valence-electron chi connectivity index (χ2n) is 4.57. The second kappa shape index (κ2) is 5.16. The molecule has 4 nitrogen and oxygen atoms in total. The third-order valence-electron chi connectivity index (χ3n) is 3.15. The Bertz CT molecular complexity index is 404. The average molecular weight is 253 g/mol. The molecule has 1 amide bonds. The summed E-state index contributed by atoms with van der Waals surface area (Å²) >= 11 is 1.61. The molecule has 1 saturated heterocycles. The lowest BCUT2D eigenvalue weighted by Gasteiger charge is -2.32. The molecule has 1 atom stereocenters. The molecule has 0 aliphatic carbocycles. The molecule has 0 saturated carbocycles. The molecule has 17 heavy (non-hydrogen) atoms. The van der Waals surface area contributed by atoms with Crippen LogP contribution in [0, 0.1) is 6.92 Å². The van der Waals surface area contributed by atoms with Gasteiger partial charge in [-0.25, -0.2) is 0 Å². The summed E-state index contributed by atoms with van der Waals surface area (Å²) in [5.74, 6) is 0.155. The first-order valence-electron chi connectivity index (χ1n) is 5.83. The molecule has 1 aromatic heterocycles. The molecule has 1 fully saturated rings. The van der Waals surface area contributed by atoms with Gasteiger partial charge in [-0.05, 0) is 31.0 Å². The first-order valence-corrected chi connectivity index (χ1v) is 6.71. The van der Waals surface area contributed by atoms with Crippen molar-refractivity contribution < 1.29 is 4.79 Å². The first-order chi connectivity index (χ1) is 8.09. The van der Waals surface area contributed by atoms with E-state index in [4.69, 9.17) is 0 Å². The zero-order valence-corrected chi connectivity index (χ0v) is 11.4. The molecule has 0 spiro atoms. The fraction of sp³-hybridized carbons (Fsp3) is 0.583. The van der Waals surface area contributed by atoms with Crippen molar-refractivity contribution in [1.29, 1.82) is 0 Å². The summed E-state index contributed by atoms with van der Waals surface area (Å²) in [5.41, 5.74) is 1.16. The van der Waals surface area contributed by atoms with E-state index in [0.29, 0.717) is 0 Å². The number of carbonyl (C=O) groups is 1. The lowest BCUT2D eigenvalue weighted by Crippen LogP contribution is -2.56. The number of nitrogens with one attached hydrogen (secondary N) is 1. The van der Waals surface area contributed by atoms with Gasteiger partial charge >= 0.3 is 0 Å². The van der Waals surface area contributed by atoms with Crippen molar-refractivity contribution in [3.05, 3.63) is 17.0 Å². The molecular formula is C12H19N3OS. The number of amides is 1. The van der Waals surface area contributed by atoms with E-state index in [9.17, 15) is 4.79 Å². The van der Waals surface area contributed by atoms with Crippen LogP contribution in [0.5, 0.6) is 0 Å². The summed E-state index contributed by atoms with van der Waals surface area (Å²) in [6, 6.07) is 1.96. The van der Waals surface area contributed by atoms with Crippen LogP contribution in [-0.2, 0) is 4.79 Å². The van der Waals surface area contributed by atoms with Gasteiger partial charge in [0.1, 0.15) is 11.0 Å². The van der Waals surface area contributed by atoms with Crippen LogP contribution in [0.4, 0.5) is 5.00 Å². The Labute approximate surface area is 106 Å². The Kier molecular flexibility index (Phi) is 3.81. The van der Waals surface area contributed by atoms with Gasteiger partial charge in [0.2, 0.25) is 5.91 Å². The monoisotopic (exact) mass is 253 g/mol. The Morgan fingerprint density at radius 2 is 2.41 bits per heavy atom. The molecule has 1 N–H and O–H groups in total. The van der Waals surface area contributed by atoms with E-state index in [1.165, 1.54) is 0 Å². The fourth-order valence-corrected chi connectivity index (χ4v) is 3.01. The molecule has 5 heteroatoms. The van der Waals surface area contributed by atoms with E-state index in [0.717, 1.165) is 30.2 Å². The minimum absolute atomic E-state index is 0.0831. The summed E-state index contributed by atoms with van der Waals surface area (Å²) < 4.78 is 0. The zero-order valence-electron chi connectivity index (χ0n) is 10.6. The van der Waals surface area contributed by atoms with Gasteiger partial charge in [-0.15, -0.1) is 11.3 Å². The number of nitrogens with zero attached hydrogens (tertiary/aromatic N) is 2. The van der Waals surface area contributed by atoms with Crippen LogP contribution >= 0.6 is 11.3 Å². The molecular weight excluding hydrogens is 234 g/mol. The molecule has 1 aliphatic rings. The molecule has 1 aromatic rings. The highest BCUT2D eigenvalue weighted by Gasteiger charge is 2.27. The third-order valence-corrected chi connectivity index (χ3v) is 4.24. The summed E-state index contributed by atoms with van der Waals surface area (Å²) in [6.45, 7) is 4.71. The number of hydrogen-bond acceptors (Lipinski definition) is 4. The van der Waals surface area contributed by atoms with Crippen LogP contribution in [0.2, 0.25) is 0 Å². The van der Waals surface area contributed by atoms with Gasteiger partial charge in [-0.3, -0.25) is 4.79 Å². The Hall–Kier alpha value is -0.910. The first kappa shape index (κ1) is 12.5. The van der Waals surface area contributed by atoms with Crippen molar-refractivity contribution in [2.24, 2.45) is 0 Å². The molecule has 0 aromatic carbocycles. The number of anilines is 1. The zero-order chi connectivity index (χ0) is 12.4. The van der Waals surface area contributed by atoms with Gasteiger partial charge in [0.15, 0.2) is 0 Å². The number of thiophene rings is 1. The van der Waals surface area contributed by atoms with Crippen LogP contribution < -0.4 is 10.2 Å². The summed E-state index contributed by atoms with van der Waals surface area (Å²) in [4.78, 5) is 16.3. The van der Waals surface area contributed by atoms with E-state index in [2.05, 4.69) is 17.3 Å². The van der Waals surface area contributed by atoms with Crippen LogP contribution in [0.25, 0.3) is 0 Å². The number of piperazine rings is 1. The van der Waals surface area contributed by atoms with Crippen molar-refractivity contribution in [3.63, 3.8) is 0 Å². The van der Waals surface area contributed by atoms with Crippen molar-refractivity contribution in [1.82, 2.24) is 10.2 Å². The predicted molar refractivity (Wildman–Crippen MR) is 71.8 cm³/mol.